The van der Waals surface area contributed by atoms with Gasteiger partial charge in [0, 0.05) is 42.2 Å². The maximum Gasteiger partial charge on any atom is 0.300 e. The number of hydrogen-bond donors (Lipinski definition) is 2. The van der Waals surface area contributed by atoms with Gasteiger partial charge in [-0.2, -0.15) is 0 Å². The topological polar surface area (TPSA) is 74.8 Å². The van der Waals surface area contributed by atoms with Crippen LogP contribution in [0, 0.1) is 17.8 Å². The van der Waals surface area contributed by atoms with E-state index in [4.69, 9.17) is 0 Å². The van der Waals surface area contributed by atoms with Gasteiger partial charge in [-0.15, -0.1) is 0 Å². The van der Waals surface area contributed by atoms with Gasteiger partial charge in [0.2, 0.25) is 0 Å². The molecule has 1 aliphatic rings. The molecule has 0 aliphatic heterocycles. The lowest BCUT2D eigenvalue weighted by molar-refractivity contribution is -0.119. The number of aromatic amines is 1. The number of carbonyl (C=O) groups excluding carboxylic acids is 2. The van der Waals surface area contributed by atoms with Crippen molar-refractivity contribution in [2.75, 3.05) is 5.32 Å². The van der Waals surface area contributed by atoms with Gasteiger partial charge in [0.25, 0.3) is 5.91 Å². The summed E-state index contributed by atoms with van der Waals surface area (Å²) in [5.41, 5.74) is 3.75. The molecule has 5 heteroatoms. The molecule has 1 fully saturated rings. The Morgan fingerprint density at radius 3 is 2.86 bits per heavy atom. The fourth-order valence-electron chi connectivity index (χ4n) is 3.28. The fourth-order valence-corrected chi connectivity index (χ4v) is 3.28. The number of rotatable bonds is 7. The fraction of sp³-hybridized carbons (Fsp3) is 0.292. The number of fused-ring (bicyclic) bond motifs is 1. The van der Waals surface area contributed by atoms with Gasteiger partial charge in [-0.3, -0.25) is 9.59 Å². The lowest BCUT2D eigenvalue weighted by Crippen LogP contribution is -2.09. The molecule has 2 N–H and O–H groups in total. The van der Waals surface area contributed by atoms with E-state index in [1.165, 1.54) is 0 Å². The number of amides is 1. The van der Waals surface area contributed by atoms with Crippen molar-refractivity contribution in [3.63, 3.8) is 0 Å². The second kappa shape index (κ2) is 8.74. The molecule has 1 saturated carbocycles. The molecule has 3 aromatic rings. The summed E-state index contributed by atoms with van der Waals surface area (Å²) in [5, 5.41) is 3.89. The lowest BCUT2D eigenvalue weighted by Gasteiger charge is -2.06. The van der Waals surface area contributed by atoms with E-state index in [1.807, 2.05) is 42.6 Å². The summed E-state index contributed by atoms with van der Waals surface area (Å²) < 4.78 is 0. The highest BCUT2D eigenvalue weighted by atomic mass is 16.1. The van der Waals surface area contributed by atoms with Crippen LogP contribution in [-0.4, -0.2) is 21.7 Å². The number of aryl methyl sites for hydroxylation is 2. The van der Waals surface area contributed by atoms with Crippen molar-refractivity contribution in [2.24, 2.45) is 5.92 Å². The molecule has 1 amide bonds. The second-order valence-electron chi connectivity index (χ2n) is 7.45. The first kappa shape index (κ1) is 18.9. The Balaban J connectivity index is 1.27. The van der Waals surface area contributed by atoms with Gasteiger partial charge in [-0.05, 0) is 67.0 Å². The first-order valence-corrected chi connectivity index (χ1v) is 10.0. The zero-order valence-electron chi connectivity index (χ0n) is 16.2. The molecule has 29 heavy (non-hydrogen) atoms. The average molecular weight is 385 g/mol. The maximum absolute atomic E-state index is 12.4. The number of ketones is 1. The number of Topliss-reactive ketones (excluding diaryl/α,β-unsaturated/α-hetero) is 1. The van der Waals surface area contributed by atoms with Gasteiger partial charge in [0.1, 0.15) is 11.4 Å². The number of pyridine rings is 1. The van der Waals surface area contributed by atoms with Crippen molar-refractivity contribution in [3.05, 3.63) is 59.9 Å². The van der Waals surface area contributed by atoms with Crippen molar-refractivity contribution >= 4 is 28.4 Å². The molecule has 0 saturated heterocycles. The molecule has 146 valence electrons. The molecule has 0 atom stereocenters. The summed E-state index contributed by atoms with van der Waals surface area (Å²) in [6, 6.07) is 11.6. The Morgan fingerprint density at radius 1 is 1.14 bits per heavy atom. The molecule has 0 bridgehead atoms. The third-order valence-electron chi connectivity index (χ3n) is 5.07. The van der Waals surface area contributed by atoms with Crippen LogP contribution in [0.3, 0.4) is 0 Å². The maximum atomic E-state index is 12.4. The summed E-state index contributed by atoms with van der Waals surface area (Å²) in [6.07, 6.45) is 8.21. The van der Waals surface area contributed by atoms with E-state index in [2.05, 4.69) is 27.1 Å². The third kappa shape index (κ3) is 5.32. The minimum atomic E-state index is -0.279. The van der Waals surface area contributed by atoms with Crippen molar-refractivity contribution in [3.8, 4) is 11.8 Å². The van der Waals surface area contributed by atoms with Crippen LogP contribution >= 0.6 is 0 Å². The number of anilines is 1. The molecule has 0 unspecified atom stereocenters. The quantitative estimate of drug-likeness (QED) is 0.603. The Bertz CT molecular complexity index is 1100. The van der Waals surface area contributed by atoms with E-state index < -0.39 is 0 Å². The van der Waals surface area contributed by atoms with Crippen LogP contribution in [0.1, 0.15) is 36.8 Å². The molecular weight excluding hydrogens is 362 g/mol. The number of nitrogens with zero attached hydrogens (tertiary/aromatic N) is 1. The van der Waals surface area contributed by atoms with Crippen LogP contribution in [0.15, 0.2) is 48.8 Å². The number of aromatic nitrogens is 2. The van der Waals surface area contributed by atoms with Gasteiger partial charge < -0.3 is 10.3 Å². The van der Waals surface area contributed by atoms with Gasteiger partial charge in [-0.1, -0.05) is 18.1 Å². The molecular formula is C24H23N3O2. The van der Waals surface area contributed by atoms with Crippen LogP contribution in [0.2, 0.25) is 0 Å². The minimum absolute atomic E-state index is 0.232. The standard InChI is InChI=1S/C24H23N3O2/c28-21(10-8-19-12-14-25-24-22(19)13-15-26-24)9-6-18-2-1-3-20(16-18)27-23(29)11-7-17-4-5-17/h1-3,12-17H,4-6,8-10H2,(H,25,26)(H,27,29). The van der Waals surface area contributed by atoms with Crippen LogP contribution in [0.25, 0.3) is 11.0 Å². The van der Waals surface area contributed by atoms with Crippen molar-refractivity contribution < 1.29 is 9.59 Å². The molecule has 0 radical (unpaired) electrons. The first-order valence-electron chi connectivity index (χ1n) is 10.0. The Hall–Kier alpha value is -3.39. The molecule has 2 aromatic heterocycles. The Morgan fingerprint density at radius 2 is 2.00 bits per heavy atom. The minimum Gasteiger partial charge on any atom is -0.346 e. The highest BCUT2D eigenvalue weighted by molar-refractivity contribution is 6.04. The molecule has 0 spiro atoms. The predicted molar refractivity (Wildman–Crippen MR) is 113 cm³/mol. The zero-order chi connectivity index (χ0) is 20.1. The normalized spacial score (nSPS) is 13.0. The lowest BCUT2D eigenvalue weighted by atomic mass is 10.0. The molecule has 1 aromatic carbocycles. The monoisotopic (exact) mass is 385 g/mol. The van der Waals surface area contributed by atoms with Crippen LogP contribution in [0.5, 0.6) is 0 Å². The van der Waals surface area contributed by atoms with Crippen LogP contribution < -0.4 is 5.32 Å². The van der Waals surface area contributed by atoms with Crippen molar-refractivity contribution in [1.82, 2.24) is 9.97 Å². The number of hydrogen-bond acceptors (Lipinski definition) is 3. The zero-order valence-corrected chi connectivity index (χ0v) is 16.2. The highest BCUT2D eigenvalue weighted by Crippen LogP contribution is 2.27. The van der Waals surface area contributed by atoms with Crippen molar-refractivity contribution in [2.45, 2.75) is 38.5 Å². The molecule has 4 rings (SSSR count). The van der Waals surface area contributed by atoms with E-state index in [0.717, 1.165) is 40.7 Å². The largest absolute Gasteiger partial charge is 0.346 e. The van der Waals surface area contributed by atoms with E-state index in [9.17, 15) is 9.59 Å². The summed E-state index contributed by atoms with van der Waals surface area (Å²) in [6.45, 7) is 0. The predicted octanol–water partition coefficient (Wildman–Crippen LogP) is 4.05. The van der Waals surface area contributed by atoms with Gasteiger partial charge in [0.15, 0.2) is 0 Å². The third-order valence-corrected chi connectivity index (χ3v) is 5.07. The van der Waals surface area contributed by atoms with Crippen LogP contribution in [0.4, 0.5) is 5.69 Å². The van der Waals surface area contributed by atoms with E-state index in [-0.39, 0.29) is 11.7 Å². The van der Waals surface area contributed by atoms with Gasteiger partial charge in [-0.25, -0.2) is 4.98 Å². The second-order valence-corrected chi connectivity index (χ2v) is 7.45. The Labute approximate surface area is 169 Å². The number of carbonyl (C=O) groups is 2. The van der Waals surface area contributed by atoms with Crippen molar-refractivity contribution in [1.29, 1.82) is 0 Å². The van der Waals surface area contributed by atoms with E-state index in [1.54, 1.807) is 6.20 Å². The number of benzene rings is 1. The molecule has 1 aliphatic carbocycles. The summed E-state index contributed by atoms with van der Waals surface area (Å²) in [4.78, 5) is 31.6. The Kier molecular flexibility index (Phi) is 5.71. The smallest absolute Gasteiger partial charge is 0.300 e. The molecule has 5 nitrogen and oxygen atoms in total. The SMILES string of the molecule is O=C(CCc1cccc(NC(=O)C#CC2CC2)c1)CCc1ccnc2[nH]ccc12. The number of nitrogens with one attached hydrogen (secondary N) is 2. The highest BCUT2D eigenvalue weighted by Gasteiger charge is 2.18. The van der Waals surface area contributed by atoms with E-state index in [0.29, 0.717) is 31.6 Å². The van der Waals surface area contributed by atoms with Gasteiger partial charge >= 0.3 is 0 Å². The average Bonchev–Trinajstić information content (AvgIpc) is 3.43. The first-order chi connectivity index (χ1) is 14.2. The molecule has 2 heterocycles. The van der Waals surface area contributed by atoms with E-state index >= 15 is 0 Å². The summed E-state index contributed by atoms with van der Waals surface area (Å²) in [5.74, 6) is 5.95. The van der Waals surface area contributed by atoms with Gasteiger partial charge in [0.05, 0.1) is 0 Å². The number of H-pyrrole nitrogens is 1. The van der Waals surface area contributed by atoms with Crippen LogP contribution in [-0.2, 0) is 22.4 Å². The summed E-state index contributed by atoms with van der Waals surface area (Å²) >= 11 is 0. The summed E-state index contributed by atoms with van der Waals surface area (Å²) in [7, 11) is 0.